The molecule has 0 aliphatic carbocycles. The second kappa shape index (κ2) is 13.5. The fourth-order valence-corrected chi connectivity index (χ4v) is 5.37. The first-order valence-electron chi connectivity index (χ1n) is 13.4. The van der Waals surface area contributed by atoms with E-state index in [4.69, 9.17) is 9.47 Å². The number of halogens is 1. The number of nitrogens with one attached hydrogen (secondary N) is 1. The molecule has 1 heterocycles. The molecule has 0 spiro atoms. The molecule has 3 aromatic carbocycles. The number of carbonyl (C=O) groups excluding carboxylic acids is 2. The Bertz CT molecular complexity index is 1470. The van der Waals surface area contributed by atoms with Crippen molar-refractivity contribution in [3.8, 4) is 11.5 Å². The van der Waals surface area contributed by atoms with Crippen LogP contribution in [0.4, 0.5) is 10.1 Å². The number of benzene rings is 3. The number of nitrogens with zero attached hydrogens (tertiary/aromatic N) is 2. The zero-order valence-corrected chi connectivity index (χ0v) is 23.9. The van der Waals surface area contributed by atoms with Gasteiger partial charge in [-0.15, -0.1) is 0 Å². The van der Waals surface area contributed by atoms with Gasteiger partial charge in [0.05, 0.1) is 11.9 Å². The largest absolute Gasteiger partial charge is 0.454 e. The number of hydrogen-bond donors (Lipinski definition) is 1. The van der Waals surface area contributed by atoms with Crippen molar-refractivity contribution in [3.05, 3.63) is 89.7 Å². The Kier molecular flexibility index (Phi) is 9.82. The van der Waals surface area contributed by atoms with Crippen LogP contribution in [0.3, 0.4) is 0 Å². The monoisotopic (exact) mass is 583 g/mol. The Morgan fingerprint density at radius 3 is 2.41 bits per heavy atom. The molecule has 1 N–H and O–H groups in total. The number of rotatable bonds is 13. The minimum Gasteiger partial charge on any atom is -0.454 e. The average Bonchev–Trinajstić information content (AvgIpc) is 3.42. The summed E-state index contributed by atoms with van der Waals surface area (Å²) < 4.78 is 52.3. The molecule has 0 bridgehead atoms. The Hall–Kier alpha value is -4.12. The summed E-state index contributed by atoms with van der Waals surface area (Å²) >= 11 is 0. The Morgan fingerprint density at radius 1 is 1.00 bits per heavy atom. The molecule has 3 aromatic rings. The lowest BCUT2D eigenvalue weighted by Gasteiger charge is -2.33. The fraction of sp³-hybridized carbons (Fsp3) is 0.333. The van der Waals surface area contributed by atoms with E-state index in [1.807, 2.05) is 37.3 Å². The van der Waals surface area contributed by atoms with Crippen molar-refractivity contribution in [2.24, 2.45) is 0 Å². The zero-order valence-electron chi connectivity index (χ0n) is 23.1. The highest BCUT2D eigenvalue weighted by molar-refractivity contribution is 7.92. The van der Waals surface area contributed by atoms with Gasteiger partial charge < -0.3 is 19.7 Å². The SMILES string of the molecule is CCCCNC(=O)[C@@H](Cc1ccccc1)N(Cc1ccccc1F)C(=O)CN(c1ccc2c(c1)OCO2)S(C)(=O)=O. The number of carbonyl (C=O) groups is 2. The Labute approximate surface area is 239 Å². The molecule has 9 nitrogen and oxygen atoms in total. The van der Waals surface area contributed by atoms with E-state index in [-0.39, 0.29) is 31.0 Å². The van der Waals surface area contributed by atoms with Gasteiger partial charge in [-0.2, -0.15) is 0 Å². The highest BCUT2D eigenvalue weighted by Gasteiger charge is 2.33. The summed E-state index contributed by atoms with van der Waals surface area (Å²) in [5.41, 5.74) is 1.20. The van der Waals surface area contributed by atoms with E-state index in [1.165, 1.54) is 35.2 Å². The molecule has 0 saturated carbocycles. The summed E-state index contributed by atoms with van der Waals surface area (Å²) in [7, 11) is -3.95. The van der Waals surface area contributed by atoms with E-state index < -0.39 is 40.2 Å². The lowest BCUT2D eigenvalue weighted by atomic mass is 10.0. The smallest absolute Gasteiger partial charge is 0.244 e. The second-order valence-corrected chi connectivity index (χ2v) is 11.7. The minimum absolute atomic E-state index is 0.00131. The third-order valence-electron chi connectivity index (χ3n) is 6.72. The zero-order chi connectivity index (χ0) is 29.4. The van der Waals surface area contributed by atoms with Crippen LogP contribution in [0.1, 0.15) is 30.9 Å². The van der Waals surface area contributed by atoms with Crippen molar-refractivity contribution < 1.29 is 31.9 Å². The van der Waals surface area contributed by atoms with Crippen LogP contribution in [0, 0.1) is 5.82 Å². The molecule has 0 radical (unpaired) electrons. The average molecular weight is 584 g/mol. The van der Waals surface area contributed by atoms with E-state index >= 15 is 0 Å². The summed E-state index contributed by atoms with van der Waals surface area (Å²) in [4.78, 5) is 28.9. The molecule has 2 amide bonds. The molecule has 4 rings (SSSR count). The van der Waals surface area contributed by atoms with Gasteiger partial charge in [-0.3, -0.25) is 13.9 Å². The third kappa shape index (κ3) is 7.75. The molecular weight excluding hydrogens is 549 g/mol. The van der Waals surface area contributed by atoms with Gasteiger partial charge in [-0.1, -0.05) is 61.9 Å². The van der Waals surface area contributed by atoms with Crippen molar-refractivity contribution in [2.75, 3.05) is 30.4 Å². The first-order chi connectivity index (χ1) is 19.7. The minimum atomic E-state index is -3.95. The lowest BCUT2D eigenvalue weighted by Crippen LogP contribution is -2.53. The molecular formula is C30H34FN3O6S. The van der Waals surface area contributed by atoms with Gasteiger partial charge in [-0.05, 0) is 30.2 Å². The summed E-state index contributed by atoms with van der Waals surface area (Å²) in [6.07, 6.45) is 2.75. The first-order valence-corrected chi connectivity index (χ1v) is 15.2. The first kappa shape index (κ1) is 29.9. The Morgan fingerprint density at radius 2 is 1.71 bits per heavy atom. The molecule has 1 aliphatic rings. The molecule has 1 aliphatic heterocycles. The van der Waals surface area contributed by atoms with Gasteiger partial charge >= 0.3 is 0 Å². The number of anilines is 1. The van der Waals surface area contributed by atoms with Gasteiger partial charge in [-0.25, -0.2) is 12.8 Å². The van der Waals surface area contributed by atoms with Crippen LogP contribution in [0.2, 0.25) is 0 Å². The number of sulfonamides is 1. The quantitative estimate of drug-likeness (QED) is 0.306. The van der Waals surface area contributed by atoms with E-state index in [1.54, 1.807) is 12.1 Å². The normalized spacial score (nSPS) is 13.0. The standard InChI is InChI=1S/C30H34FN3O6S/c1-3-4-16-32-30(36)26(17-22-10-6-5-7-11-22)33(19-23-12-8-9-13-25(23)31)29(35)20-34(41(2,37)38)24-14-15-27-28(18-24)40-21-39-27/h5-15,18,26H,3-4,16-17,19-21H2,1-2H3,(H,32,36)/t26-/m1/s1. The topological polar surface area (TPSA) is 105 Å². The van der Waals surface area contributed by atoms with Crippen LogP contribution >= 0.6 is 0 Å². The van der Waals surface area contributed by atoms with Crippen molar-refractivity contribution in [2.45, 2.75) is 38.8 Å². The van der Waals surface area contributed by atoms with E-state index in [0.29, 0.717) is 18.0 Å². The third-order valence-corrected chi connectivity index (χ3v) is 7.86. The lowest BCUT2D eigenvalue weighted by molar-refractivity contribution is -0.140. The van der Waals surface area contributed by atoms with Crippen molar-refractivity contribution in [1.82, 2.24) is 10.2 Å². The van der Waals surface area contributed by atoms with Crippen molar-refractivity contribution >= 4 is 27.5 Å². The summed E-state index contributed by atoms with van der Waals surface area (Å²) in [6.45, 7) is 1.57. The van der Waals surface area contributed by atoms with Crippen molar-refractivity contribution in [3.63, 3.8) is 0 Å². The molecule has 1 atom stereocenters. The highest BCUT2D eigenvalue weighted by atomic mass is 32.2. The van der Waals surface area contributed by atoms with Gasteiger partial charge in [0.25, 0.3) is 0 Å². The van der Waals surface area contributed by atoms with Gasteiger partial charge in [0.2, 0.25) is 28.6 Å². The molecule has 0 unspecified atom stereocenters. The fourth-order valence-electron chi connectivity index (χ4n) is 4.52. The summed E-state index contributed by atoms with van der Waals surface area (Å²) in [5, 5.41) is 2.89. The number of fused-ring (bicyclic) bond motifs is 1. The second-order valence-electron chi connectivity index (χ2n) is 9.77. The maximum atomic E-state index is 14.8. The van der Waals surface area contributed by atoms with Gasteiger partial charge in [0.15, 0.2) is 11.5 Å². The van der Waals surface area contributed by atoms with Crippen LogP contribution in [-0.2, 0) is 32.6 Å². The van der Waals surface area contributed by atoms with Crippen molar-refractivity contribution in [1.29, 1.82) is 0 Å². The van der Waals surface area contributed by atoms with Crippen LogP contribution in [-0.4, -0.2) is 57.3 Å². The number of ether oxygens (including phenoxy) is 2. The number of unbranched alkanes of at least 4 members (excludes halogenated alkanes) is 1. The van der Waals surface area contributed by atoms with E-state index in [0.717, 1.165) is 29.0 Å². The van der Waals surface area contributed by atoms with Gasteiger partial charge in [0.1, 0.15) is 18.4 Å². The highest BCUT2D eigenvalue weighted by Crippen LogP contribution is 2.36. The summed E-state index contributed by atoms with van der Waals surface area (Å²) in [6, 6.07) is 18.7. The van der Waals surface area contributed by atoms with Gasteiger partial charge in [0, 0.05) is 31.1 Å². The molecule has 11 heteroatoms. The molecule has 218 valence electrons. The Balaban J connectivity index is 1.72. The van der Waals surface area contributed by atoms with Crippen LogP contribution < -0.4 is 19.1 Å². The number of hydrogen-bond acceptors (Lipinski definition) is 6. The maximum absolute atomic E-state index is 14.8. The van der Waals surface area contributed by atoms with Crippen LogP contribution in [0.25, 0.3) is 0 Å². The molecule has 0 fully saturated rings. The van der Waals surface area contributed by atoms with Crippen LogP contribution in [0.5, 0.6) is 11.5 Å². The maximum Gasteiger partial charge on any atom is 0.244 e. The summed E-state index contributed by atoms with van der Waals surface area (Å²) in [5.74, 6) is -0.791. The molecule has 0 aromatic heterocycles. The number of amides is 2. The predicted octanol–water partition coefficient (Wildman–Crippen LogP) is 3.88. The van der Waals surface area contributed by atoms with E-state index in [2.05, 4.69) is 5.32 Å². The molecule has 41 heavy (non-hydrogen) atoms. The van der Waals surface area contributed by atoms with E-state index in [9.17, 15) is 22.4 Å². The van der Waals surface area contributed by atoms with Crippen LogP contribution in [0.15, 0.2) is 72.8 Å². The predicted molar refractivity (Wildman–Crippen MR) is 154 cm³/mol. The molecule has 0 saturated heterocycles.